The van der Waals surface area contributed by atoms with Crippen LogP contribution in [0.2, 0.25) is 0 Å². The number of likely N-dealkylation sites (tertiary alicyclic amines) is 1. The van der Waals surface area contributed by atoms with Crippen molar-refractivity contribution in [3.8, 4) is 11.3 Å². The summed E-state index contributed by atoms with van der Waals surface area (Å²) >= 11 is 0. The number of fused-ring (bicyclic) bond motifs is 2. The quantitative estimate of drug-likeness (QED) is 0.346. The number of aromatic nitrogens is 3. The lowest BCUT2D eigenvalue weighted by molar-refractivity contribution is 0.00417. The lowest BCUT2D eigenvalue weighted by Crippen LogP contribution is -2.29. The number of rotatable bonds is 5. The minimum atomic E-state index is -3.95. The summed E-state index contributed by atoms with van der Waals surface area (Å²) in [7, 11) is -3.95. The van der Waals surface area contributed by atoms with Crippen LogP contribution in [-0.4, -0.2) is 44.9 Å². The van der Waals surface area contributed by atoms with E-state index in [9.17, 15) is 17.9 Å². The van der Waals surface area contributed by atoms with Gasteiger partial charge in [0.05, 0.1) is 22.3 Å². The van der Waals surface area contributed by atoms with Crippen LogP contribution in [0.15, 0.2) is 84.1 Å². The molecule has 1 aliphatic heterocycles. The summed E-state index contributed by atoms with van der Waals surface area (Å²) in [5.74, 6) is -0.421. The molecule has 0 aliphatic carbocycles. The Morgan fingerprint density at radius 2 is 1.68 bits per heavy atom. The molecule has 0 radical (unpaired) electrons. The predicted molar refractivity (Wildman–Crippen MR) is 140 cm³/mol. The molecular weight excluding hydrogens is 491 g/mol. The Bertz CT molecular complexity index is 1690. The maximum atomic E-state index is 14.1. The third-order valence-corrected chi connectivity index (χ3v) is 8.81. The fraction of sp³-hybridized carbons (Fsp3) is 0.250. The minimum absolute atomic E-state index is 0.154. The van der Waals surface area contributed by atoms with Crippen LogP contribution in [0.4, 0.5) is 4.39 Å². The number of hydrogen-bond donors (Lipinski definition) is 1. The second-order valence-corrected chi connectivity index (χ2v) is 11.3. The highest BCUT2D eigenvalue weighted by Crippen LogP contribution is 2.35. The van der Waals surface area contributed by atoms with E-state index >= 15 is 0 Å². The molecule has 1 aliphatic rings. The number of aliphatic hydroxyl groups is 1. The highest BCUT2D eigenvalue weighted by Gasteiger charge is 2.25. The minimum Gasteiger partial charge on any atom is -0.374 e. The van der Waals surface area contributed by atoms with Gasteiger partial charge in [-0.3, -0.25) is 9.30 Å². The molecule has 2 aromatic carbocycles. The van der Waals surface area contributed by atoms with Crippen molar-refractivity contribution in [2.75, 3.05) is 13.1 Å². The number of aliphatic hydroxyl groups excluding tert-OH is 1. The van der Waals surface area contributed by atoms with Crippen molar-refractivity contribution in [2.24, 2.45) is 0 Å². The number of nitrogens with zero attached hydrogens (tertiary/aromatic N) is 4. The van der Waals surface area contributed by atoms with Gasteiger partial charge in [0, 0.05) is 36.4 Å². The first kappa shape index (κ1) is 23.8. The Kier molecular flexibility index (Phi) is 6.06. The van der Waals surface area contributed by atoms with Gasteiger partial charge in [0.1, 0.15) is 17.7 Å². The second kappa shape index (κ2) is 9.41. The number of pyridine rings is 1. The molecule has 0 saturated carbocycles. The highest BCUT2D eigenvalue weighted by molar-refractivity contribution is 7.90. The fourth-order valence-electron chi connectivity index (χ4n) is 5.19. The Balaban J connectivity index is 1.56. The number of halogens is 1. The number of benzene rings is 2. The lowest BCUT2D eigenvalue weighted by atomic mass is 10.1. The topological polar surface area (TPSA) is 79.8 Å². The molecule has 1 N–H and O–H groups in total. The Labute approximate surface area is 214 Å². The monoisotopic (exact) mass is 518 g/mol. The van der Waals surface area contributed by atoms with E-state index in [4.69, 9.17) is 0 Å². The smallest absolute Gasteiger partial charge is 0.268 e. The van der Waals surface area contributed by atoms with E-state index in [0.717, 1.165) is 38.8 Å². The molecule has 1 unspecified atom stereocenters. The first-order valence-corrected chi connectivity index (χ1v) is 13.9. The molecule has 0 spiro atoms. The van der Waals surface area contributed by atoms with Crippen LogP contribution in [0.25, 0.3) is 27.8 Å². The summed E-state index contributed by atoms with van der Waals surface area (Å²) in [4.78, 5) is 6.58. The molecule has 5 aromatic rings. The molecule has 1 atom stereocenters. The zero-order chi connectivity index (χ0) is 25.6. The molecule has 190 valence electrons. The van der Waals surface area contributed by atoms with E-state index in [0.29, 0.717) is 33.4 Å². The molecule has 37 heavy (non-hydrogen) atoms. The first-order valence-electron chi connectivity index (χ1n) is 12.4. The van der Waals surface area contributed by atoms with E-state index < -0.39 is 22.1 Å². The highest BCUT2D eigenvalue weighted by atomic mass is 32.2. The molecule has 1 saturated heterocycles. The zero-order valence-corrected chi connectivity index (χ0v) is 21.0. The van der Waals surface area contributed by atoms with E-state index in [-0.39, 0.29) is 4.90 Å². The standard InChI is InChI=1S/C28H27FN4O3S/c29-21-11-13-27-30-17-26(32(27)18-21)24-19-33(37(35,36)22-8-4-3-5-9-22)25-16-20(10-12-23(24)25)28(34)31-14-6-1-2-7-15-31/h3-5,8-13,16-19,28,34H,1-2,6-7,14-15H2. The van der Waals surface area contributed by atoms with Gasteiger partial charge in [-0.2, -0.15) is 0 Å². The van der Waals surface area contributed by atoms with Crippen molar-refractivity contribution in [3.05, 3.63) is 90.6 Å². The van der Waals surface area contributed by atoms with Gasteiger partial charge in [0.15, 0.2) is 0 Å². The largest absolute Gasteiger partial charge is 0.374 e. The maximum Gasteiger partial charge on any atom is 0.268 e. The van der Waals surface area contributed by atoms with E-state index in [1.807, 2.05) is 17.0 Å². The van der Waals surface area contributed by atoms with Gasteiger partial charge in [0.2, 0.25) is 0 Å². The first-order chi connectivity index (χ1) is 17.9. The SMILES string of the molecule is O=S(=O)(c1ccccc1)n1cc(-c2cnc3ccc(F)cn23)c2ccc(C(O)N3CCCCCC3)cc21. The van der Waals surface area contributed by atoms with Crippen LogP contribution >= 0.6 is 0 Å². The molecular formula is C28H27FN4O3S. The summed E-state index contributed by atoms with van der Waals surface area (Å²) in [6, 6.07) is 16.6. The van der Waals surface area contributed by atoms with Crippen molar-refractivity contribution in [1.29, 1.82) is 0 Å². The number of imidazole rings is 1. The van der Waals surface area contributed by atoms with E-state index in [2.05, 4.69) is 4.98 Å². The summed E-state index contributed by atoms with van der Waals surface area (Å²) in [5, 5.41) is 11.9. The third-order valence-electron chi connectivity index (χ3n) is 7.13. The van der Waals surface area contributed by atoms with Crippen molar-refractivity contribution >= 4 is 26.6 Å². The lowest BCUT2D eigenvalue weighted by Gasteiger charge is -2.26. The van der Waals surface area contributed by atoms with Gasteiger partial charge < -0.3 is 5.11 Å². The van der Waals surface area contributed by atoms with Crippen LogP contribution in [0.5, 0.6) is 0 Å². The Hall–Kier alpha value is -3.53. The molecule has 3 aromatic heterocycles. The van der Waals surface area contributed by atoms with Crippen molar-refractivity contribution in [2.45, 2.75) is 36.8 Å². The summed E-state index contributed by atoms with van der Waals surface area (Å²) in [6.07, 6.45) is 8.00. The van der Waals surface area contributed by atoms with Gasteiger partial charge in [-0.1, -0.05) is 43.2 Å². The average molecular weight is 519 g/mol. The van der Waals surface area contributed by atoms with E-state index in [1.54, 1.807) is 59.3 Å². The summed E-state index contributed by atoms with van der Waals surface area (Å²) < 4.78 is 44.5. The molecule has 6 rings (SSSR count). The Morgan fingerprint density at radius 1 is 0.919 bits per heavy atom. The molecule has 0 amide bonds. The van der Waals surface area contributed by atoms with Crippen molar-refractivity contribution < 1.29 is 17.9 Å². The van der Waals surface area contributed by atoms with Crippen LogP contribution in [-0.2, 0) is 10.0 Å². The molecule has 7 nitrogen and oxygen atoms in total. The van der Waals surface area contributed by atoms with Gasteiger partial charge in [-0.05, 0) is 48.7 Å². The third kappa shape index (κ3) is 4.22. The molecule has 0 bridgehead atoms. The molecule has 9 heteroatoms. The second-order valence-electron chi connectivity index (χ2n) is 9.48. The normalized spacial score (nSPS) is 16.3. The van der Waals surface area contributed by atoms with Crippen LogP contribution in [0.3, 0.4) is 0 Å². The average Bonchev–Trinajstić information content (AvgIpc) is 3.38. The maximum absolute atomic E-state index is 14.1. The predicted octanol–water partition coefficient (Wildman–Crippen LogP) is 5.20. The summed E-state index contributed by atoms with van der Waals surface area (Å²) in [6.45, 7) is 1.59. The van der Waals surface area contributed by atoms with Crippen LogP contribution in [0.1, 0.15) is 37.5 Å². The number of hydrogen-bond acceptors (Lipinski definition) is 5. The fourth-order valence-corrected chi connectivity index (χ4v) is 6.57. The van der Waals surface area contributed by atoms with Gasteiger partial charge in [0.25, 0.3) is 10.0 Å². The Morgan fingerprint density at radius 3 is 2.43 bits per heavy atom. The van der Waals surface area contributed by atoms with Crippen LogP contribution in [0, 0.1) is 5.82 Å². The van der Waals surface area contributed by atoms with Crippen molar-refractivity contribution in [3.63, 3.8) is 0 Å². The molecule has 1 fully saturated rings. The zero-order valence-electron chi connectivity index (χ0n) is 20.2. The van der Waals surface area contributed by atoms with Gasteiger partial charge in [-0.25, -0.2) is 21.8 Å². The van der Waals surface area contributed by atoms with Crippen LogP contribution < -0.4 is 0 Å². The van der Waals surface area contributed by atoms with E-state index in [1.165, 1.54) is 16.2 Å². The molecule has 4 heterocycles. The van der Waals surface area contributed by atoms with Gasteiger partial charge >= 0.3 is 0 Å². The van der Waals surface area contributed by atoms with Crippen molar-refractivity contribution in [1.82, 2.24) is 18.3 Å². The van der Waals surface area contributed by atoms with Gasteiger partial charge in [-0.15, -0.1) is 0 Å². The summed E-state index contributed by atoms with van der Waals surface area (Å²) in [5.41, 5.74) is 2.80.